The van der Waals surface area contributed by atoms with E-state index in [1.165, 1.54) is 43.0 Å². The number of halogens is 3. The molecular weight excluding hydrogens is 405 g/mol. The van der Waals surface area contributed by atoms with Crippen molar-refractivity contribution in [2.75, 3.05) is 0 Å². The minimum absolute atomic E-state index is 0.197. The van der Waals surface area contributed by atoms with Crippen molar-refractivity contribution in [1.29, 1.82) is 0 Å². The molecule has 0 saturated heterocycles. The zero-order chi connectivity index (χ0) is 22.5. The van der Waals surface area contributed by atoms with Crippen LogP contribution in [0.3, 0.4) is 0 Å². The van der Waals surface area contributed by atoms with Gasteiger partial charge in [-0.2, -0.15) is 0 Å². The van der Waals surface area contributed by atoms with Gasteiger partial charge in [0.1, 0.15) is 5.82 Å². The van der Waals surface area contributed by atoms with Crippen molar-refractivity contribution in [2.24, 2.45) is 0 Å². The lowest BCUT2D eigenvalue weighted by molar-refractivity contribution is 0.517. The van der Waals surface area contributed by atoms with Crippen molar-refractivity contribution in [3.8, 4) is 23.0 Å². The molecule has 0 N–H and O–H groups in total. The van der Waals surface area contributed by atoms with Crippen LogP contribution in [0.15, 0.2) is 72.8 Å². The SMILES string of the molecule is CCCCCc1ccc(-c2ccc(C#Cc3ccc4c(F)c(F)ccc4c3)c(F)c2)cc1. The molecular formula is C29H23F3. The minimum atomic E-state index is -0.885. The number of benzene rings is 4. The first-order valence-electron chi connectivity index (χ1n) is 10.8. The molecule has 0 spiro atoms. The van der Waals surface area contributed by atoms with Crippen molar-refractivity contribution in [3.05, 3.63) is 107 Å². The van der Waals surface area contributed by atoms with E-state index in [4.69, 9.17) is 0 Å². The van der Waals surface area contributed by atoms with E-state index >= 15 is 0 Å². The summed E-state index contributed by atoms with van der Waals surface area (Å²) < 4.78 is 41.9. The van der Waals surface area contributed by atoms with Gasteiger partial charge in [0.05, 0.1) is 5.56 Å². The predicted molar refractivity (Wildman–Crippen MR) is 125 cm³/mol. The van der Waals surface area contributed by atoms with Gasteiger partial charge < -0.3 is 0 Å². The summed E-state index contributed by atoms with van der Waals surface area (Å²) in [6.07, 6.45) is 4.67. The van der Waals surface area contributed by atoms with Gasteiger partial charge >= 0.3 is 0 Å². The predicted octanol–water partition coefficient (Wildman–Crippen LogP) is 8.06. The first-order valence-corrected chi connectivity index (χ1v) is 10.8. The van der Waals surface area contributed by atoms with Gasteiger partial charge in [-0.05, 0) is 65.3 Å². The summed E-state index contributed by atoms with van der Waals surface area (Å²) in [5.74, 6) is 3.60. The number of aryl methyl sites for hydroxylation is 1. The monoisotopic (exact) mass is 428 g/mol. The van der Waals surface area contributed by atoms with E-state index in [0.29, 0.717) is 10.9 Å². The smallest absolute Gasteiger partial charge is 0.166 e. The number of hydrogen-bond donors (Lipinski definition) is 0. The molecule has 0 aromatic heterocycles. The van der Waals surface area contributed by atoms with Crippen molar-refractivity contribution >= 4 is 10.8 Å². The molecule has 0 amide bonds. The molecule has 0 aliphatic carbocycles. The van der Waals surface area contributed by atoms with Gasteiger partial charge in [-0.3, -0.25) is 0 Å². The van der Waals surface area contributed by atoms with Crippen LogP contribution in [0.25, 0.3) is 21.9 Å². The van der Waals surface area contributed by atoms with Crippen LogP contribution in [0.1, 0.15) is 42.9 Å². The molecule has 0 atom stereocenters. The molecule has 0 aliphatic rings. The molecule has 0 bridgehead atoms. The average molecular weight is 428 g/mol. The fourth-order valence-corrected chi connectivity index (χ4v) is 3.72. The van der Waals surface area contributed by atoms with E-state index in [9.17, 15) is 13.2 Å². The molecule has 32 heavy (non-hydrogen) atoms. The lowest BCUT2D eigenvalue weighted by atomic mass is 10.00. The zero-order valence-electron chi connectivity index (χ0n) is 17.9. The third-order valence-corrected chi connectivity index (χ3v) is 5.57. The van der Waals surface area contributed by atoms with Crippen LogP contribution in [-0.2, 0) is 6.42 Å². The largest absolute Gasteiger partial charge is 0.206 e. The summed E-state index contributed by atoms with van der Waals surface area (Å²) in [5.41, 5.74) is 3.95. The summed E-state index contributed by atoms with van der Waals surface area (Å²) in [6, 6.07) is 20.6. The highest BCUT2D eigenvalue weighted by Crippen LogP contribution is 2.24. The van der Waals surface area contributed by atoms with E-state index in [1.54, 1.807) is 18.2 Å². The highest BCUT2D eigenvalue weighted by Gasteiger charge is 2.07. The fraction of sp³-hybridized carbons (Fsp3) is 0.172. The second kappa shape index (κ2) is 9.75. The highest BCUT2D eigenvalue weighted by molar-refractivity contribution is 5.84. The summed E-state index contributed by atoms with van der Waals surface area (Å²) >= 11 is 0. The van der Waals surface area contributed by atoms with Gasteiger partial charge in [0.25, 0.3) is 0 Å². The zero-order valence-corrected chi connectivity index (χ0v) is 17.9. The van der Waals surface area contributed by atoms with Crippen LogP contribution >= 0.6 is 0 Å². The summed E-state index contributed by atoms with van der Waals surface area (Å²) in [6.45, 7) is 2.19. The van der Waals surface area contributed by atoms with Crippen molar-refractivity contribution in [3.63, 3.8) is 0 Å². The molecule has 0 saturated carbocycles. The molecule has 0 aliphatic heterocycles. The quantitative estimate of drug-likeness (QED) is 0.223. The van der Waals surface area contributed by atoms with E-state index in [0.717, 1.165) is 23.6 Å². The third kappa shape index (κ3) is 4.86. The van der Waals surface area contributed by atoms with E-state index < -0.39 is 17.5 Å². The average Bonchev–Trinajstić information content (AvgIpc) is 2.81. The third-order valence-electron chi connectivity index (χ3n) is 5.57. The van der Waals surface area contributed by atoms with Gasteiger partial charge in [0.2, 0.25) is 0 Å². The van der Waals surface area contributed by atoms with Gasteiger partial charge in [-0.1, -0.05) is 74.1 Å². The van der Waals surface area contributed by atoms with Crippen LogP contribution < -0.4 is 0 Å². The van der Waals surface area contributed by atoms with Crippen molar-refractivity contribution in [2.45, 2.75) is 32.6 Å². The standard InChI is InChI=1S/C29H23F3/c1-2-3-4-5-20-6-10-22(11-7-20)24-14-13-23(28(31)19-24)12-8-21-9-16-26-25(18-21)15-17-27(30)29(26)32/h6-7,9-11,13-19H,2-5H2,1H3. The van der Waals surface area contributed by atoms with Gasteiger partial charge in [0.15, 0.2) is 11.6 Å². The van der Waals surface area contributed by atoms with Gasteiger partial charge in [0, 0.05) is 10.9 Å². The van der Waals surface area contributed by atoms with E-state index in [2.05, 4.69) is 30.9 Å². The molecule has 0 unspecified atom stereocenters. The lowest BCUT2D eigenvalue weighted by Crippen LogP contribution is -1.89. The van der Waals surface area contributed by atoms with E-state index in [1.807, 2.05) is 18.2 Å². The Morgan fingerprint density at radius 3 is 2.22 bits per heavy atom. The molecule has 4 aromatic carbocycles. The van der Waals surface area contributed by atoms with Crippen LogP contribution in [0.4, 0.5) is 13.2 Å². The fourth-order valence-electron chi connectivity index (χ4n) is 3.72. The Hall–Kier alpha value is -3.51. The normalized spacial score (nSPS) is 10.8. The van der Waals surface area contributed by atoms with Crippen molar-refractivity contribution in [1.82, 2.24) is 0 Å². The van der Waals surface area contributed by atoms with E-state index in [-0.39, 0.29) is 10.9 Å². The molecule has 0 fully saturated rings. The maximum absolute atomic E-state index is 14.7. The minimum Gasteiger partial charge on any atom is -0.206 e. The molecule has 0 radical (unpaired) electrons. The Labute approximate surface area is 186 Å². The molecule has 0 heterocycles. The summed E-state index contributed by atoms with van der Waals surface area (Å²) in [4.78, 5) is 0. The van der Waals surface area contributed by atoms with Crippen LogP contribution in [0.2, 0.25) is 0 Å². The van der Waals surface area contributed by atoms with Gasteiger partial charge in [-0.25, -0.2) is 13.2 Å². The Balaban J connectivity index is 1.53. The first kappa shape index (κ1) is 21.7. The number of unbranched alkanes of at least 4 members (excludes halogenated alkanes) is 2. The summed E-state index contributed by atoms with van der Waals surface area (Å²) in [5, 5.41) is 0.743. The number of fused-ring (bicyclic) bond motifs is 1. The van der Waals surface area contributed by atoms with Crippen molar-refractivity contribution < 1.29 is 13.2 Å². The molecule has 4 rings (SSSR count). The Morgan fingerprint density at radius 1 is 0.688 bits per heavy atom. The highest BCUT2D eigenvalue weighted by atomic mass is 19.2. The second-order valence-electron chi connectivity index (χ2n) is 7.90. The van der Waals surface area contributed by atoms with Gasteiger partial charge in [-0.15, -0.1) is 0 Å². The number of hydrogen-bond acceptors (Lipinski definition) is 0. The maximum Gasteiger partial charge on any atom is 0.166 e. The number of rotatable bonds is 5. The molecule has 0 nitrogen and oxygen atoms in total. The molecule has 4 aromatic rings. The van der Waals surface area contributed by atoms with Crippen LogP contribution in [-0.4, -0.2) is 0 Å². The maximum atomic E-state index is 14.7. The summed E-state index contributed by atoms with van der Waals surface area (Å²) in [7, 11) is 0. The molecule has 3 heteroatoms. The van der Waals surface area contributed by atoms with Crippen LogP contribution in [0.5, 0.6) is 0 Å². The van der Waals surface area contributed by atoms with Crippen LogP contribution in [0, 0.1) is 29.3 Å². The molecule has 160 valence electrons. The first-order chi connectivity index (χ1) is 15.5. The Kier molecular flexibility index (Phi) is 6.61. The Bertz CT molecular complexity index is 1310. The Morgan fingerprint density at radius 2 is 1.47 bits per heavy atom. The second-order valence-corrected chi connectivity index (χ2v) is 7.90. The lowest BCUT2D eigenvalue weighted by Gasteiger charge is -2.06. The topological polar surface area (TPSA) is 0 Å².